The smallest absolute Gasteiger partial charge is 0.252 e. The molecule has 0 spiro atoms. The molecule has 1 aliphatic rings. The number of carbonyl (C=O) groups excluding carboxylic acids is 2. The fraction of sp³-hybridized carbons (Fsp3) is 0.333. The minimum Gasteiger partial charge on any atom is -0.496 e. The maximum absolute atomic E-state index is 12.7. The number of methoxy groups -OCH3 is 1. The van der Waals surface area contributed by atoms with Crippen molar-refractivity contribution in [3.05, 3.63) is 65.2 Å². The number of Topliss-reactive ketones (excluding diaryl/α,β-unsaturated/α-hetero) is 1. The van der Waals surface area contributed by atoms with Crippen LogP contribution in [0.5, 0.6) is 5.75 Å². The fourth-order valence-electron chi connectivity index (χ4n) is 3.26. The molecular formula is C21H25N3O3. The van der Waals surface area contributed by atoms with Crippen molar-refractivity contribution in [1.82, 2.24) is 16.2 Å². The Kier molecular flexibility index (Phi) is 6.21. The van der Waals surface area contributed by atoms with Gasteiger partial charge in [0.1, 0.15) is 5.75 Å². The first kappa shape index (κ1) is 19.1. The quantitative estimate of drug-likeness (QED) is 0.696. The number of nitrogens with one attached hydrogen (secondary N) is 3. The monoisotopic (exact) mass is 367 g/mol. The third-order valence-electron chi connectivity index (χ3n) is 4.84. The summed E-state index contributed by atoms with van der Waals surface area (Å²) in [5.41, 5.74) is 8.74. The Balaban J connectivity index is 1.74. The second kappa shape index (κ2) is 8.79. The summed E-state index contributed by atoms with van der Waals surface area (Å²) in [5, 5.41) is 2.85. The lowest BCUT2D eigenvalue weighted by Gasteiger charge is -2.18. The summed E-state index contributed by atoms with van der Waals surface area (Å²) in [4.78, 5) is 24.7. The molecule has 3 N–H and O–H groups in total. The standard InChI is InChI=1S/C21H25N3O3/c1-14(25)19(10-15-6-4-3-5-7-15)24-21(26)16-8-9-18(20(11-16)27-2)17-12-22-23-13-17/h3-9,11,17,19,22-23H,10,12-13H2,1-2H3,(H,24,26). The van der Waals surface area contributed by atoms with E-state index in [1.165, 1.54) is 6.92 Å². The van der Waals surface area contributed by atoms with Crippen LogP contribution in [0.4, 0.5) is 0 Å². The van der Waals surface area contributed by atoms with Gasteiger partial charge in [-0.15, -0.1) is 0 Å². The first-order chi connectivity index (χ1) is 13.1. The molecule has 1 amide bonds. The Bertz CT molecular complexity index is 802. The number of hydrazine groups is 1. The molecule has 1 heterocycles. The summed E-state index contributed by atoms with van der Waals surface area (Å²) >= 11 is 0. The molecule has 0 saturated carbocycles. The largest absolute Gasteiger partial charge is 0.496 e. The average molecular weight is 367 g/mol. The predicted molar refractivity (Wildman–Crippen MR) is 104 cm³/mol. The molecule has 0 aliphatic carbocycles. The molecule has 0 radical (unpaired) electrons. The van der Waals surface area contributed by atoms with E-state index >= 15 is 0 Å². The van der Waals surface area contributed by atoms with E-state index in [2.05, 4.69) is 16.2 Å². The molecule has 2 aromatic carbocycles. The molecule has 6 nitrogen and oxygen atoms in total. The highest BCUT2D eigenvalue weighted by molar-refractivity contribution is 5.98. The van der Waals surface area contributed by atoms with Crippen molar-refractivity contribution in [2.24, 2.45) is 0 Å². The number of carbonyl (C=O) groups is 2. The van der Waals surface area contributed by atoms with Crippen LogP contribution in [0.25, 0.3) is 0 Å². The van der Waals surface area contributed by atoms with Gasteiger partial charge in [-0.2, -0.15) is 0 Å². The molecule has 142 valence electrons. The van der Waals surface area contributed by atoms with Crippen molar-refractivity contribution in [1.29, 1.82) is 0 Å². The maximum Gasteiger partial charge on any atom is 0.252 e. The number of rotatable bonds is 7. The van der Waals surface area contributed by atoms with E-state index in [-0.39, 0.29) is 11.7 Å². The van der Waals surface area contributed by atoms with E-state index < -0.39 is 6.04 Å². The van der Waals surface area contributed by atoms with Crippen molar-refractivity contribution >= 4 is 11.7 Å². The van der Waals surface area contributed by atoms with Crippen LogP contribution in [0, 0.1) is 0 Å². The van der Waals surface area contributed by atoms with Gasteiger partial charge >= 0.3 is 0 Å². The van der Waals surface area contributed by atoms with Crippen LogP contribution in [0.1, 0.15) is 34.3 Å². The summed E-state index contributed by atoms with van der Waals surface area (Å²) in [6.07, 6.45) is 0.469. The topological polar surface area (TPSA) is 79.5 Å². The highest BCUT2D eigenvalue weighted by atomic mass is 16.5. The summed E-state index contributed by atoms with van der Waals surface area (Å²) in [6, 6.07) is 14.5. The van der Waals surface area contributed by atoms with Gasteiger partial charge in [-0.3, -0.25) is 20.4 Å². The lowest BCUT2D eigenvalue weighted by molar-refractivity contribution is -0.118. The van der Waals surface area contributed by atoms with Crippen LogP contribution in [-0.2, 0) is 11.2 Å². The molecule has 0 bridgehead atoms. The number of benzene rings is 2. The van der Waals surface area contributed by atoms with E-state index in [4.69, 9.17) is 4.74 Å². The van der Waals surface area contributed by atoms with Crippen molar-refractivity contribution < 1.29 is 14.3 Å². The van der Waals surface area contributed by atoms with Crippen molar-refractivity contribution in [2.75, 3.05) is 20.2 Å². The molecule has 1 fully saturated rings. The zero-order valence-electron chi connectivity index (χ0n) is 15.6. The second-order valence-electron chi connectivity index (χ2n) is 6.74. The highest BCUT2D eigenvalue weighted by Crippen LogP contribution is 2.28. The van der Waals surface area contributed by atoms with Gasteiger partial charge in [0.2, 0.25) is 0 Å². The average Bonchev–Trinajstić information content (AvgIpc) is 3.22. The van der Waals surface area contributed by atoms with Crippen LogP contribution in [-0.4, -0.2) is 37.9 Å². The van der Waals surface area contributed by atoms with Gasteiger partial charge in [-0.25, -0.2) is 0 Å². The van der Waals surface area contributed by atoms with Crippen LogP contribution in [0.3, 0.4) is 0 Å². The normalized spacial score (nSPS) is 15.3. The predicted octanol–water partition coefficient (Wildman–Crippen LogP) is 1.82. The molecule has 1 unspecified atom stereocenters. The molecule has 1 saturated heterocycles. The van der Waals surface area contributed by atoms with E-state index in [0.29, 0.717) is 23.7 Å². The Labute approximate surface area is 159 Å². The van der Waals surface area contributed by atoms with Gasteiger partial charge in [-0.05, 0) is 36.6 Å². The lowest BCUT2D eigenvalue weighted by atomic mass is 9.97. The van der Waals surface area contributed by atoms with E-state index in [1.807, 2.05) is 36.4 Å². The van der Waals surface area contributed by atoms with E-state index in [1.54, 1.807) is 19.2 Å². The maximum atomic E-state index is 12.7. The molecule has 27 heavy (non-hydrogen) atoms. The third-order valence-corrected chi connectivity index (χ3v) is 4.84. The molecule has 0 aromatic heterocycles. The zero-order valence-corrected chi connectivity index (χ0v) is 15.6. The molecule has 1 atom stereocenters. The van der Waals surface area contributed by atoms with Crippen LogP contribution in [0.2, 0.25) is 0 Å². The Morgan fingerprint density at radius 1 is 1.15 bits per heavy atom. The molecule has 2 aromatic rings. The van der Waals surface area contributed by atoms with E-state index in [0.717, 1.165) is 24.2 Å². The fourth-order valence-corrected chi connectivity index (χ4v) is 3.26. The SMILES string of the molecule is COc1cc(C(=O)NC(Cc2ccccc2)C(C)=O)ccc1C1CNNC1. The van der Waals surface area contributed by atoms with Gasteiger partial charge in [0, 0.05) is 24.6 Å². The minimum atomic E-state index is -0.561. The third kappa shape index (κ3) is 4.72. The van der Waals surface area contributed by atoms with Gasteiger partial charge in [0.15, 0.2) is 5.78 Å². The zero-order chi connectivity index (χ0) is 19.2. The van der Waals surface area contributed by atoms with Crippen LogP contribution < -0.4 is 20.9 Å². The van der Waals surface area contributed by atoms with Crippen LogP contribution in [0.15, 0.2) is 48.5 Å². The lowest BCUT2D eigenvalue weighted by Crippen LogP contribution is -2.41. The first-order valence-corrected chi connectivity index (χ1v) is 9.07. The molecule has 6 heteroatoms. The van der Waals surface area contributed by atoms with Crippen molar-refractivity contribution in [2.45, 2.75) is 25.3 Å². The van der Waals surface area contributed by atoms with Crippen molar-refractivity contribution in [3.63, 3.8) is 0 Å². The van der Waals surface area contributed by atoms with Crippen molar-refractivity contribution in [3.8, 4) is 5.75 Å². The second-order valence-corrected chi connectivity index (χ2v) is 6.74. The van der Waals surface area contributed by atoms with E-state index in [9.17, 15) is 9.59 Å². The Hall–Kier alpha value is -2.70. The molecular weight excluding hydrogens is 342 g/mol. The van der Waals surface area contributed by atoms with Gasteiger partial charge in [0.05, 0.1) is 13.2 Å². The number of hydrogen-bond acceptors (Lipinski definition) is 5. The Morgan fingerprint density at radius 3 is 2.48 bits per heavy atom. The highest BCUT2D eigenvalue weighted by Gasteiger charge is 2.23. The summed E-state index contributed by atoms with van der Waals surface area (Å²) in [5.74, 6) is 0.623. The number of ketones is 1. The van der Waals surface area contributed by atoms with Gasteiger partial charge < -0.3 is 10.1 Å². The minimum absolute atomic E-state index is 0.0705. The van der Waals surface area contributed by atoms with Gasteiger partial charge in [0.25, 0.3) is 5.91 Å². The molecule has 1 aliphatic heterocycles. The summed E-state index contributed by atoms with van der Waals surface area (Å²) < 4.78 is 5.49. The number of amides is 1. The number of hydrogen-bond donors (Lipinski definition) is 3. The summed E-state index contributed by atoms with van der Waals surface area (Å²) in [7, 11) is 1.60. The molecule has 3 rings (SSSR count). The first-order valence-electron chi connectivity index (χ1n) is 9.07. The summed E-state index contributed by atoms with van der Waals surface area (Å²) in [6.45, 7) is 3.12. The van der Waals surface area contributed by atoms with Gasteiger partial charge in [-0.1, -0.05) is 36.4 Å². The number of ether oxygens (including phenoxy) is 1. The Morgan fingerprint density at radius 2 is 1.85 bits per heavy atom. The van der Waals surface area contributed by atoms with Crippen LogP contribution >= 0.6 is 0 Å².